The Morgan fingerprint density at radius 2 is 2.46 bits per heavy atom. The van der Waals surface area contributed by atoms with Crippen LogP contribution in [0.1, 0.15) is 5.82 Å². The van der Waals surface area contributed by atoms with Gasteiger partial charge in [-0.25, -0.2) is 4.98 Å². The third-order valence-electron chi connectivity index (χ3n) is 1.94. The fourth-order valence-corrected chi connectivity index (χ4v) is 1.27. The maximum atomic E-state index is 4.41. The summed E-state index contributed by atoms with van der Waals surface area (Å²) in [4.78, 5) is 11.7. The predicted octanol–water partition coefficient (Wildman–Crippen LogP) is 0.720. The van der Waals surface area contributed by atoms with Crippen LogP contribution in [0.4, 0.5) is 0 Å². The van der Waals surface area contributed by atoms with Gasteiger partial charge in [0.25, 0.3) is 0 Å². The molecule has 0 aromatic carbocycles. The molecule has 2 N–H and O–H groups in total. The normalized spacial score (nSPS) is 10.8. The zero-order chi connectivity index (χ0) is 9.10. The molecule has 0 aliphatic heterocycles. The summed E-state index contributed by atoms with van der Waals surface area (Å²) >= 11 is 0. The second kappa shape index (κ2) is 3.53. The Hall–Kier alpha value is -1.42. The highest BCUT2D eigenvalue weighted by Crippen LogP contribution is 2.08. The maximum absolute atomic E-state index is 4.41. The minimum Gasteiger partial charge on any atom is -0.341 e. The number of imidazole rings is 1. The molecule has 68 valence electrons. The molecule has 0 aliphatic rings. The fourth-order valence-electron chi connectivity index (χ4n) is 1.27. The summed E-state index contributed by atoms with van der Waals surface area (Å²) in [6.07, 6.45) is 4.47. The molecule has 0 bridgehead atoms. The SMILES string of the molecule is CNCCc1nc2ccncc2[nH]1. The van der Waals surface area contributed by atoms with Crippen LogP contribution in [0.3, 0.4) is 0 Å². The van der Waals surface area contributed by atoms with Gasteiger partial charge < -0.3 is 10.3 Å². The molecule has 0 aliphatic carbocycles. The number of likely N-dealkylation sites (N-methyl/N-ethyl adjacent to an activating group) is 1. The van der Waals surface area contributed by atoms with Crippen LogP contribution < -0.4 is 5.32 Å². The predicted molar refractivity (Wildman–Crippen MR) is 51.5 cm³/mol. The number of hydrogen-bond acceptors (Lipinski definition) is 3. The first-order valence-corrected chi connectivity index (χ1v) is 4.33. The van der Waals surface area contributed by atoms with Gasteiger partial charge in [-0.1, -0.05) is 0 Å². The number of nitrogens with one attached hydrogen (secondary N) is 2. The molecule has 4 nitrogen and oxygen atoms in total. The molecule has 0 unspecified atom stereocenters. The van der Waals surface area contributed by atoms with Gasteiger partial charge in [0.15, 0.2) is 0 Å². The van der Waals surface area contributed by atoms with Crippen molar-refractivity contribution in [3.8, 4) is 0 Å². The van der Waals surface area contributed by atoms with Crippen molar-refractivity contribution < 1.29 is 0 Å². The summed E-state index contributed by atoms with van der Waals surface area (Å²) in [5.41, 5.74) is 2.00. The van der Waals surface area contributed by atoms with Gasteiger partial charge in [-0.05, 0) is 13.1 Å². The molecular formula is C9H12N4. The lowest BCUT2D eigenvalue weighted by Crippen LogP contribution is -2.10. The van der Waals surface area contributed by atoms with E-state index in [1.54, 1.807) is 12.4 Å². The molecule has 0 spiro atoms. The maximum Gasteiger partial charge on any atom is 0.108 e. The Balaban J connectivity index is 2.28. The smallest absolute Gasteiger partial charge is 0.108 e. The van der Waals surface area contributed by atoms with Crippen LogP contribution in [-0.2, 0) is 6.42 Å². The van der Waals surface area contributed by atoms with Crippen molar-refractivity contribution in [1.29, 1.82) is 0 Å². The topological polar surface area (TPSA) is 53.6 Å². The largest absolute Gasteiger partial charge is 0.341 e. The second-order valence-corrected chi connectivity index (χ2v) is 2.93. The number of aromatic amines is 1. The Kier molecular flexibility index (Phi) is 2.23. The van der Waals surface area contributed by atoms with Gasteiger partial charge in [-0.3, -0.25) is 4.98 Å². The summed E-state index contributed by atoms with van der Waals surface area (Å²) in [7, 11) is 1.93. The lowest BCUT2D eigenvalue weighted by Gasteiger charge is -1.93. The fraction of sp³-hybridized carbons (Fsp3) is 0.333. The van der Waals surface area contributed by atoms with Crippen molar-refractivity contribution in [3.63, 3.8) is 0 Å². The highest BCUT2D eigenvalue weighted by molar-refractivity contribution is 5.73. The van der Waals surface area contributed by atoms with Crippen LogP contribution >= 0.6 is 0 Å². The van der Waals surface area contributed by atoms with Crippen molar-refractivity contribution in [2.45, 2.75) is 6.42 Å². The van der Waals surface area contributed by atoms with E-state index in [-0.39, 0.29) is 0 Å². The summed E-state index contributed by atoms with van der Waals surface area (Å²) in [6, 6.07) is 1.91. The van der Waals surface area contributed by atoms with Crippen LogP contribution in [0.25, 0.3) is 11.0 Å². The number of nitrogens with zero attached hydrogens (tertiary/aromatic N) is 2. The molecule has 0 atom stereocenters. The van der Waals surface area contributed by atoms with Crippen molar-refractivity contribution in [1.82, 2.24) is 20.3 Å². The number of H-pyrrole nitrogens is 1. The molecule has 0 saturated carbocycles. The zero-order valence-electron chi connectivity index (χ0n) is 7.54. The van der Waals surface area contributed by atoms with Gasteiger partial charge in [-0.2, -0.15) is 0 Å². The van der Waals surface area contributed by atoms with Crippen LogP contribution in [-0.4, -0.2) is 28.5 Å². The lowest BCUT2D eigenvalue weighted by atomic mass is 10.4. The Bertz CT molecular complexity index is 360. The number of pyridine rings is 1. The summed E-state index contributed by atoms with van der Waals surface area (Å²) < 4.78 is 0. The molecule has 2 rings (SSSR count). The molecular weight excluding hydrogens is 164 g/mol. The molecule has 2 heterocycles. The van der Waals surface area contributed by atoms with E-state index in [9.17, 15) is 0 Å². The van der Waals surface area contributed by atoms with Crippen molar-refractivity contribution in [2.75, 3.05) is 13.6 Å². The first kappa shape index (κ1) is 8.19. The monoisotopic (exact) mass is 176 g/mol. The van der Waals surface area contributed by atoms with Crippen molar-refractivity contribution in [3.05, 3.63) is 24.3 Å². The van der Waals surface area contributed by atoms with Crippen LogP contribution in [0.2, 0.25) is 0 Å². The van der Waals surface area contributed by atoms with Gasteiger partial charge >= 0.3 is 0 Å². The van der Waals surface area contributed by atoms with E-state index >= 15 is 0 Å². The van der Waals surface area contributed by atoms with Crippen LogP contribution in [0, 0.1) is 0 Å². The Labute approximate surface area is 76.4 Å². The van der Waals surface area contributed by atoms with E-state index in [0.29, 0.717) is 0 Å². The zero-order valence-corrected chi connectivity index (χ0v) is 7.54. The van der Waals surface area contributed by atoms with Crippen molar-refractivity contribution >= 4 is 11.0 Å². The number of fused-ring (bicyclic) bond motifs is 1. The molecule has 0 fully saturated rings. The average Bonchev–Trinajstić information content (AvgIpc) is 2.57. The lowest BCUT2D eigenvalue weighted by molar-refractivity contribution is 0.766. The first-order chi connectivity index (χ1) is 6.40. The quantitative estimate of drug-likeness (QED) is 0.724. The van der Waals surface area contributed by atoms with E-state index in [0.717, 1.165) is 29.8 Å². The molecule has 0 saturated heterocycles. The minimum absolute atomic E-state index is 0.922. The van der Waals surface area contributed by atoms with E-state index < -0.39 is 0 Å². The van der Waals surface area contributed by atoms with Gasteiger partial charge in [-0.15, -0.1) is 0 Å². The molecule has 4 heteroatoms. The minimum atomic E-state index is 0.922. The summed E-state index contributed by atoms with van der Waals surface area (Å²) in [5.74, 6) is 1.01. The third-order valence-corrected chi connectivity index (χ3v) is 1.94. The average molecular weight is 176 g/mol. The summed E-state index contributed by atoms with van der Waals surface area (Å²) in [5, 5.41) is 3.08. The first-order valence-electron chi connectivity index (χ1n) is 4.33. The van der Waals surface area contributed by atoms with E-state index in [4.69, 9.17) is 0 Å². The Morgan fingerprint density at radius 3 is 3.23 bits per heavy atom. The molecule has 0 radical (unpaired) electrons. The second-order valence-electron chi connectivity index (χ2n) is 2.93. The molecule has 13 heavy (non-hydrogen) atoms. The van der Waals surface area contributed by atoms with Crippen LogP contribution in [0.15, 0.2) is 18.5 Å². The number of hydrogen-bond donors (Lipinski definition) is 2. The van der Waals surface area contributed by atoms with Gasteiger partial charge in [0.05, 0.1) is 17.2 Å². The van der Waals surface area contributed by atoms with Gasteiger partial charge in [0.1, 0.15) is 5.82 Å². The van der Waals surface area contributed by atoms with Gasteiger partial charge in [0, 0.05) is 19.2 Å². The standard InChI is InChI=1S/C9H12N4/c1-10-4-3-9-12-7-2-5-11-6-8(7)13-9/h2,5-6,10H,3-4H2,1H3,(H,12,13). The molecule has 0 amide bonds. The number of aromatic nitrogens is 3. The molecule has 2 aromatic rings. The molecule has 2 aromatic heterocycles. The van der Waals surface area contributed by atoms with E-state index in [2.05, 4.69) is 20.3 Å². The van der Waals surface area contributed by atoms with E-state index in [1.807, 2.05) is 13.1 Å². The highest BCUT2D eigenvalue weighted by atomic mass is 14.9. The highest BCUT2D eigenvalue weighted by Gasteiger charge is 2.00. The summed E-state index contributed by atoms with van der Waals surface area (Å²) in [6.45, 7) is 0.938. The van der Waals surface area contributed by atoms with Gasteiger partial charge in [0.2, 0.25) is 0 Å². The van der Waals surface area contributed by atoms with E-state index in [1.165, 1.54) is 0 Å². The third kappa shape index (κ3) is 1.67. The van der Waals surface area contributed by atoms with Crippen LogP contribution in [0.5, 0.6) is 0 Å². The van der Waals surface area contributed by atoms with Crippen molar-refractivity contribution in [2.24, 2.45) is 0 Å². The Morgan fingerprint density at radius 1 is 1.54 bits per heavy atom. The number of rotatable bonds is 3.